The van der Waals surface area contributed by atoms with E-state index in [4.69, 9.17) is 16.7 Å². The average Bonchev–Trinajstić information content (AvgIpc) is 4.33. The molecule has 4 aromatic carbocycles. The van der Waals surface area contributed by atoms with Gasteiger partial charge in [-0.15, -0.1) is 17.5 Å². The van der Waals surface area contributed by atoms with Gasteiger partial charge < -0.3 is 43.3 Å². The minimum absolute atomic E-state index is 0. The molecule has 437 valence electrons. The van der Waals surface area contributed by atoms with Gasteiger partial charge in [-0.05, 0) is 177 Å². The molecule has 1 aromatic heterocycles. The first-order valence-electron chi connectivity index (χ1n) is 29.8. The smallest absolute Gasteiger partial charge is 0.136 e. The fourth-order valence-electron chi connectivity index (χ4n) is 12.9. The number of Topliss-reactive ketones (excluding diaryl/α,β-unsaturated/α-hetero) is 2. The van der Waals surface area contributed by atoms with Crippen LogP contribution in [0.1, 0.15) is 170 Å². The first-order valence-corrected chi connectivity index (χ1v) is 31.0. The molecular weight excluding hydrogens is 1290 g/mol. The number of hydrogen-bond acceptors (Lipinski definition) is 8. The molecule has 2 unspecified atom stereocenters. The van der Waals surface area contributed by atoms with E-state index in [1.54, 1.807) is 17.5 Å². The van der Waals surface area contributed by atoms with Gasteiger partial charge in [-0.1, -0.05) is 147 Å². The van der Waals surface area contributed by atoms with E-state index >= 15 is 0 Å². The van der Waals surface area contributed by atoms with Gasteiger partial charge in [0.15, 0.2) is 0 Å². The van der Waals surface area contributed by atoms with E-state index in [0.717, 1.165) is 121 Å². The Balaban J connectivity index is 0.000000319. The molecule has 5 aromatic rings. The van der Waals surface area contributed by atoms with E-state index in [2.05, 4.69) is 135 Å². The van der Waals surface area contributed by atoms with Crippen molar-refractivity contribution in [1.29, 1.82) is 0 Å². The maximum absolute atomic E-state index is 12.6. The van der Waals surface area contributed by atoms with Crippen LogP contribution in [-0.4, -0.2) is 57.1 Å². The molecule has 0 bridgehead atoms. The number of carbonyl (C=O) groups is 2. The minimum atomic E-state index is -0.331. The molecule has 8 atom stereocenters. The van der Waals surface area contributed by atoms with Crippen LogP contribution in [0.4, 0.5) is 0 Å². The topological polar surface area (TPSA) is 117 Å². The fourth-order valence-corrected chi connectivity index (χ4v) is 13.9. The Morgan fingerprint density at radius 2 is 1.35 bits per heavy atom. The molecule has 7 nitrogen and oxygen atoms in total. The van der Waals surface area contributed by atoms with Gasteiger partial charge in [-0.2, -0.15) is 11.8 Å². The number of aliphatic hydroxyl groups is 3. The summed E-state index contributed by atoms with van der Waals surface area (Å²) >= 11 is 8.34. The standard InChI is InChI=1S/C26H33O2.C24H33ClNOS.C20H25O3.3Y/c1-4-20-6-5-7-21(16-20)17-23-9-11-26(28)25(23)10-8-22-14-18(2)24(12-13-27)19(3)15-22;1-2-3-9-23(27)20-8-4-6-18(17-20)11-13-21-19(12-14-22(21)25)7-5-10-24-26-15-16-28-24;1-23-15-5-4-8-18-10-12-20(22)19(18)11-9-16-6-2-3-7-17(16)13-14-21;;;/h5-7,14-16,23,25,27H,1,4,8-13,17H2,2-3H3;4,6,8,15,17,19,21-23,27H,2-3,5,7,9-14H2,1H3;2-3,6-7,18-19,21H,1,8-15H2;;;/q3*-1;;;/t23-,25-;19-,21+,22?,23?;18-,19+;;;/m100.../s1. The van der Waals surface area contributed by atoms with Gasteiger partial charge in [0.25, 0.3) is 0 Å². The number of nitrogens with zero attached hydrogens (tertiary/aromatic N) is 1. The number of ketones is 2. The third-order valence-electron chi connectivity index (χ3n) is 17.2. The van der Waals surface area contributed by atoms with Crippen molar-refractivity contribution in [1.82, 2.24) is 4.98 Å². The predicted octanol–water partition coefficient (Wildman–Crippen LogP) is 14.7. The van der Waals surface area contributed by atoms with Gasteiger partial charge in [0.05, 0.1) is 12.7 Å². The van der Waals surface area contributed by atoms with Gasteiger partial charge in [0.1, 0.15) is 11.6 Å². The molecule has 0 saturated heterocycles. The second-order valence-electron chi connectivity index (χ2n) is 22.6. The van der Waals surface area contributed by atoms with Crippen molar-refractivity contribution in [3.63, 3.8) is 0 Å². The van der Waals surface area contributed by atoms with Crippen LogP contribution in [0.2, 0.25) is 0 Å². The maximum atomic E-state index is 12.6. The number of hydrogen-bond donors (Lipinski definition) is 3. The second-order valence-corrected chi connectivity index (χ2v) is 24.1. The van der Waals surface area contributed by atoms with E-state index < -0.39 is 0 Å². The molecule has 1 heterocycles. The Hall–Kier alpha value is -1.15. The van der Waals surface area contributed by atoms with Crippen molar-refractivity contribution in [2.75, 3.05) is 19.8 Å². The van der Waals surface area contributed by atoms with Crippen LogP contribution in [-0.2, 0) is 164 Å². The summed E-state index contributed by atoms with van der Waals surface area (Å²) < 4.78 is 4.69. The molecule has 3 aliphatic carbocycles. The number of carbonyl (C=O) groups excluding carboxylic acids is 2. The third kappa shape index (κ3) is 24.8. The van der Waals surface area contributed by atoms with Gasteiger partial charge in [0.2, 0.25) is 0 Å². The SMILES string of the molecule is CCCCC(O)c1cccc(CC[C@H]2C(Cl)CC[C@@H]2CCCc2nc[c-]s2)c1.[CH2-]Cc1cccc(C[C@H]2CCC(=O)[C@@H]2CCc2cc(C)c(CCO)c(C)c2)c1.[CH2-]OCC#CC[C@H]1CCC(=O)[C@@H]1CCc1ccccc1CCO.[Y].[Y].[Y]. The first kappa shape index (κ1) is 75.1. The number of unbranched alkanes of at least 4 members (excludes halogenated alkanes) is 1. The predicted molar refractivity (Wildman–Crippen MR) is 325 cm³/mol. The van der Waals surface area contributed by atoms with E-state index in [1.165, 1.54) is 74.3 Å². The molecule has 3 N–H and O–H groups in total. The van der Waals surface area contributed by atoms with Crippen molar-refractivity contribution >= 4 is 34.5 Å². The van der Waals surface area contributed by atoms with Crippen LogP contribution in [0.25, 0.3) is 0 Å². The van der Waals surface area contributed by atoms with Gasteiger partial charge in [0, 0.05) is 148 Å². The Morgan fingerprint density at radius 3 is 2.02 bits per heavy atom. The maximum Gasteiger partial charge on any atom is 0.136 e. The van der Waals surface area contributed by atoms with Gasteiger partial charge in [-0.3, -0.25) is 9.59 Å². The van der Waals surface area contributed by atoms with Crippen LogP contribution in [0.5, 0.6) is 0 Å². The Morgan fingerprint density at radius 1 is 0.707 bits per heavy atom. The van der Waals surface area contributed by atoms with Gasteiger partial charge in [-0.25, -0.2) is 7.11 Å². The average molecular weight is 1380 g/mol. The van der Waals surface area contributed by atoms with Crippen molar-refractivity contribution in [3.05, 3.63) is 171 Å². The summed E-state index contributed by atoms with van der Waals surface area (Å²) in [5, 5.41) is 33.4. The number of benzene rings is 4. The fraction of sp³-hybridized carbons (Fsp3) is 0.529. The molecule has 12 heteroatoms. The van der Waals surface area contributed by atoms with Crippen LogP contribution in [0, 0.1) is 80.6 Å². The number of thiazole rings is 1. The van der Waals surface area contributed by atoms with Gasteiger partial charge >= 0.3 is 0 Å². The molecular formula is C70H91ClNO6SY3-3. The van der Waals surface area contributed by atoms with Crippen LogP contribution < -0.4 is 0 Å². The van der Waals surface area contributed by atoms with Crippen molar-refractivity contribution in [2.24, 2.45) is 35.5 Å². The molecule has 82 heavy (non-hydrogen) atoms. The van der Waals surface area contributed by atoms with E-state index in [1.807, 2.05) is 12.1 Å². The second kappa shape index (κ2) is 41.9. The normalized spacial score (nSPS) is 20.2. The minimum Gasteiger partial charge on any atom is -0.546 e. The molecule has 0 amide bonds. The molecule has 3 radical (unpaired) electrons. The quantitative estimate of drug-likeness (QED) is 0.0287. The summed E-state index contributed by atoms with van der Waals surface area (Å²) in [6, 6.07) is 29.9. The van der Waals surface area contributed by atoms with Crippen molar-refractivity contribution in [2.45, 2.75) is 180 Å². The third-order valence-corrected chi connectivity index (χ3v) is 18.5. The Kier molecular flexibility index (Phi) is 38.4. The monoisotopic (exact) mass is 1380 g/mol. The first-order chi connectivity index (χ1) is 38.4. The molecule has 3 aliphatic rings. The number of rotatable bonds is 26. The largest absolute Gasteiger partial charge is 0.546 e. The summed E-state index contributed by atoms with van der Waals surface area (Å²) in [6.07, 6.45) is 23.6. The van der Waals surface area contributed by atoms with Crippen LogP contribution in [0.3, 0.4) is 0 Å². The van der Waals surface area contributed by atoms with Crippen molar-refractivity contribution in [3.8, 4) is 11.8 Å². The number of aromatic nitrogens is 1. The number of aryl methyl sites for hydroxylation is 6. The summed E-state index contributed by atoms with van der Waals surface area (Å²) in [5.74, 6) is 9.34. The van der Waals surface area contributed by atoms with Crippen LogP contribution >= 0.6 is 22.9 Å². The zero-order valence-corrected chi connectivity index (χ0v) is 59.7. The van der Waals surface area contributed by atoms with E-state index in [-0.39, 0.29) is 129 Å². The number of ether oxygens (including phenoxy) is 1. The molecule has 3 fully saturated rings. The summed E-state index contributed by atoms with van der Waals surface area (Å²) in [5.41, 5.74) is 12.5. The Labute approximate surface area is 578 Å². The zero-order chi connectivity index (χ0) is 56.4. The molecule has 8 rings (SSSR count). The number of alkyl halides is 1. The number of aliphatic hydroxyl groups excluding tert-OH is 3. The number of halogens is 1. The van der Waals surface area contributed by atoms with E-state index in [0.29, 0.717) is 60.6 Å². The molecule has 0 aliphatic heterocycles. The van der Waals surface area contributed by atoms with E-state index in [9.17, 15) is 19.8 Å². The molecule has 0 spiro atoms. The van der Waals surface area contributed by atoms with Crippen molar-refractivity contribution < 1.29 is 128 Å². The summed E-state index contributed by atoms with van der Waals surface area (Å²) in [4.78, 5) is 29.1. The molecule has 3 saturated carbocycles. The van der Waals surface area contributed by atoms with Crippen LogP contribution in [0.15, 0.2) is 91.1 Å². The summed E-state index contributed by atoms with van der Waals surface area (Å²) in [6.45, 7) is 11.1. The zero-order valence-electron chi connectivity index (χ0n) is 49.6. The summed E-state index contributed by atoms with van der Waals surface area (Å²) in [7, 11) is 3.29. The Bertz CT molecular complexity index is 2650.